The molecular formula is C22H26N2. The van der Waals surface area contributed by atoms with E-state index in [1.807, 2.05) is 0 Å². The molecule has 2 nitrogen and oxygen atoms in total. The van der Waals surface area contributed by atoms with E-state index in [-0.39, 0.29) is 0 Å². The Labute approximate surface area is 144 Å². The molecule has 1 N–H and O–H groups in total. The smallest absolute Gasteiger partial charge is 0.0486 e. The van der Waals surface area contributed by atoms with E-state index in [2.05, 4.69) is 70.7 Å². The van der Waals surface area contributed by atoms with E-state index in [0.29, 0.717) is 0 Å². The van der Waals surface area contributed by atoms with Crippen LogP contribution in [-0.4, -0.2) is 17.2 Å². The van der Waals surface area contributed by atoms with Crippen molar-refractivity contribution >= 4 is 10.9 Å². The van der Waals surface area contributed by atoms with Crippen molar-refractivity contribution in [3.63, 3.8) is 0 Å². The number of nitrogens with zero attached hydrogens (tertiary/aromatic N) is 1. The van der Waals surface area contributed by atoms with Crippen LogP contribution in [0.25, 0.3) is 10.9 Å². The van der Waals surface area contributed by atoms with Gasteiger partial charge in [-0.05, 0) is 55.8 Å². The number of unbranched alkanes of at least 4 members (excludes halogenated alkanes) is 1. The molecule has 0 unspecified atom stereocenters. The average molecular weight is 318 g/mol. The van der Waals surface area contributed by atoms with Gasteiger partial charge in [0.05, 0.1) is 0 Å². The lowest BCUT2D eigenvalue weighted by Gasteiger charge is -2.05. The van der Waals surface area contributed by atoms with Gasteiger partial charge in [0.15, 0.2) is 0 Å². The lowest BCUT2D eigenvalue weighted by atomic mass is 10.1. The summed E-state index contributed by atoms with van der Waals surface area (Å²) in [5.74, 6) is 0. The lowest BCUT2D eigenvalue weighted by Crippen LogP contribution is -2.17. The van der Waals surface area contributed by atoms with Gasteiger partial charge in [-0.15, -0.1) is 0 Å². The van der Waals surface area contributed by atoms with Crippen LogP contribution in [-0.2, 0) is 13.0 Å². The van der Waals surface area contributed by atoms with Gasteiger partial charge >= 0.3 is 0 Å². The maximum Gasteiger partial charge on any atom is 0.0486 e. The highest BCUT2D eigenvalue weighted by Gasteiger charge is 2.19. The number of benzene rings is 2. The molecule has 0 saturated heterocycles. The number of para-hydroxylation sites is 1. The highest BCUT2D eigenvalue weighted by Crippen LogP contribution is 2.24. The number of nitrogens with one attached hydrogen (secondary N) is 1. The van der Waals surface area contributed by atoms with E-state index in [1.54, 1.807) is 0 Å². The maximum absolute atomic E-state index is 3.61. The number of aromatic nitrogens is 1. The third-order valence-corrected chi connectivity index (χ3v) is 4.95. The fourth-order valence-electron chi connectivity index (χ4n) is 3.47. The van der Waals surface area contributed by atoms with Crippen molar-refractivity contribution in [1.82, 2.24) is 9.88 Å². The van der Waals surface area contributed by atoms with Gasteiger partial charge in [0.25, 0.3) is 0 Å². The van der Waals surface area contributed by atoms with Crippen LogP contribution in [0.1, 0.15) is 36.8 Å². The monoisotopic (exact) mass is 318 g/mol. The zero-order valence-electron chi connectivity index (χ0n) is 14.2. The van der Waals surface area contributed by atoms with Crippen LogP contribution in [0.5, 0.6) is 0 Å². The number of aryl methyl sites for hydroxylation is 1. The fraction of sp³-hybridized carbons (Fsp3) is 0.364. The minimum absolute atomic E-state index is 0.831. The Morgan fingerprint density at radius 1 is 0.917 bits per heavy atom. The Morgan fingerprint density at radius 3 is 2.54 bits per heavy atom. The first kappa shape index (κ1) is 15.5. The number of rotatable bonds is 8. The molecule has 1 saturated carbocycles. The molecule has 0 amide bonds. The Morgan fingerprint density at radius 2 is 1.71 bits per heavy atom. The van der Waals surface area contributed by atoms with Gasteiger partial charge in [-0.3, -0.25) is 0 Å². The predicted molar refractivity (Wildman–Crippen MR) is 101 cm³/mol. The first-order valence-corrected chi connectivity index (χ1v) is 9.24. The van der Waals surface area contributed by atoms with Crippen LogP contribution >= 0.6 is 0 Å². The van der Waals surface area contributed by atoms with E-state index < -0.39 is 0 Å². The van der Waals surface area contributed by atoms with E-state index in [1.165, 1.54) is 60.7 Å². The molecule has 0 radical (unpaired) electrons. The van der Waals surface area contributed by atoms with Crippen LogP contribution in [0.15, 0.2) is 60.8 Å². The highest BCUT2D eigenvalue weighted by atomic mass is 15.0. The minimum atomic E-state index is 0.831. The second kappa shape index (κ2) is 7.23. The summed E-state index contributed by atoms with van der Waals surface area (Å²) in [6.45, 7) is 2.12. The van der Waals surface area contributed by atoms with Gasteiger partial charge in [0.2, 0.25) is 0 Å². The molecular weight excluding hydrogens is 292 g/mol. The zero-order valence-corrected chi connectivity index (χ0v) is 14.2. The van der Waals surface area contributed by atoms with Crippen molar-refractivity contribution in [3.8, 4) is 0 Å². The second-order valence-corrected chi connectivity index (χ2v) is 6.97. The number of fused-ring (bicyclic) bond motifs is 1. The molecule has 124 valence electrons. The van der Waals surface area contributed by atoms with Crippen molar-refractivity contribution in [2.75, 3.05) is 6.54 Å². The summed E-state index contributed by atoms with van der Waals surface area (Å²) in [5.41, 5.74) is 4.21. The summed E-state index contributed by atoms with van der Waals surface area (Å²) in [7, 11) is 0. The quantitative estimate of drug-likeness (QED) is 0.592. The van der Waals surface area contributed by atoms with Crippen LogP contribution in [0, 0.1) is 0 Å². The van der Waals surface area contributed by atoms with Gasteiger partial charge < -0.3 is 9.88 Å². The lowest BCUT2D eigenvalue weighted by molar-refractivity contribution is 0.620. The maximum atomic E-state index is 3.61. The normalized spacial score (nSPS) is 14.3. The molecule has 2 heteroatoms. The van der Waals surface area contributed by atoms with Crippen molar-refractivity contribution < 1.29 is 0 Å². The molecule has 4 rings (SSSR count). The van der Waals surface area contributed by atoms with Crippen LogP contribution < -0.4 is 5.32 Å². The molecule has 0 bridgehead atoms. The Hall–Kier alpha value is -2.06. The molecule has 1 fully saturated rings. The first-order valence-electron chi connectivity index (χ1n) is 9.24. The second-order valence-electron chi connectivity index (χ2n) is 6.97. The molecule has 0 aliphatic heterocycles. The molecule has 0 atom stereocenters. The Balaban J connectivity index is 1.46. The van der Waals surface area contributed by atoms with E-state index >= 15 is 0 Å². The summed E-state index contributed by atoms with van der Waals surface area (Å²) >= 11 is 0. The predicted octanol–water partition coefficient (Wildman–Crippen LogP) is 4.76. The highest BCUT2D eigenvalue weighted by molar-refractivity contribution is 5.84. The SMILES string of the molecule is c1ccc(Cn2cc(CCCCNC3CC3)c3ccccc32)cc1. The molecule has 24 heavy (non-hydrogen) atoms. The van der Waals surface area contributed by atoms with Gasteiger partial charge in [0.1, 0.15) is 0 Å². The molecule has 1 aliphatic rings. The van der Waals surface area contributed by atoms with Crippen LogP contribution in [0.4, 0.5) is 0 Å². The average Bonchev–Trinajstić information content (AvgIpc) is 3.39. The number of hydrogen-bond donors (Lipinski definition) is 1. The standard InChI is InChI=1S/C22H26N2/c1-2-8-18(9-3-1)16-24-17-19(21-11-4-5-12-22(21)24)10-6-7-15-23-20-13-14-20/h1-5,8-9,11-12,17,20,23H,6-7,10,13-16H2. The molecule has 1 aliphatic carbocycles. The van der Waals surface area contributed by atoms with Crippen molar-refractivity contribution in [2.45, 2.75) is 44.7 Å². The summed E-state index contributed by atoms with van der Waals surface area (Å²) in [5, 5.41) is 5.03. The van der Waals surface area contributed by atoms with Crippen LogP contribution in [0.3, 0.4) is 0 Å². The topological polar surface area (TPSA) is 17.0 Å². The summed E-state index contributed by atoms with van der Waals surface area (Å²) in [4.78, 5) is 0. The molecule has 1 heterocycles. The zero-order chi connectivity index (χ0) is 16.2. The van der Waals surface area contributed by atoms with E-state index in [4.69, 9.17) is 0 Å². The summed E-state index contributed by atoms with van der Waals surface area (Å²) < 4.78 is 2.41. The molecule has 2 aromatic carbocycles. The molecule has 0 spiro atoms. The van der Waals surface area contributed by atoms with Gasteiger partial charge in [-0.25, -0.2) is 0 Å². The Kier molecular flexibility index (Phi) is 4.66. The molecule has 3 aromatic rings. The largest absolute Gasteiger partial charge is 0.343 e. The van der Waals surface area contributed by atoms with E-state index in [9.17, 15) is 0 Å². The van der Waals surface area contributed by atoms with E-state index in [0.717, 1.165) is 12.6 Å². The van der Waals surface area contributed by atoms with Crippen LogP contribution in [0.2, 0.25) is 0 Å². The fourth-order valence-corrected chi connectivity index (χ4v) is 3.47. The third kappa shape index (κ3) is 3.70. The number of hydrogen-bond acceptors (Lipinski definition) is 1. The molecule has 1 aromatic heterocycles. The minimum Gasteiger partial charge on any atom is -0.343 e. The first-order chi connectivity index (χ1) is 11.9. The van der Waals surface area contributed by atoms with Gasteiger partial charge in [0, 0.05) is 29.7 Å². The Bertz CT molecular complexity index is 784. The van der Waals surface area contributed by atoms with Crippen molar-refractivity contribution in [2.24, 2.45) is 0 Å². The van der Waals surface area contributed by atoms with Gasteiger partial charge in [-0.1, -0.05) is 48.5 Å². The van der Waals surface area contributed by atoms with Crippen molar-refractivity contribution in [1.29, 1.82) is 0 Å². The summed E-state index contributed by atoms with van der Waals surface area (Å²) in [6, 6.07) is 20.4. The van der Waals surface area contributed by atoms with Gasteiger partial charge in [-0.2, -0.15) is 0 Å². The summed E-state index contributed by atoms with van der Waals surface area (Å²) in [6.07, 6.45) is 8.84. The van der Waals surface area contributed by atoms with Crippen molar-refractivity contribution in [3.05, 3.63) is 71.9 Å². The third-order valence-electron chi connectivity index (χ3n) is 4.95.